The zero-order chi connectivity index (χ0) is 19.7. The monoisotopic (exact) mass is 398 g/mol. The molecule has 1 N–H and O–H groups in total. The molecule has 0 radical (unpaired) electrons. The molecule has 1 aliphatic rings. The molecule has 1 saturated heterocycles. The number of piperazine rings is 1. The van der Waals surface area contributed by atoms with Crippen molar-refractivity contribution in [3.8, 4) is 0 Å². The Hall–Kier alpha value is -2.90. The maximum atomic E-state index is 12.8. The molecular weight excluding hydrogens is 380 g/mol. The number of rotatable bonds is 4. The van der Waals surface area contributed by atoms with Gasteiger partial charge in [0.25, 0.3) is 11.6 Å². The first-order valence-electron chi connectivity index (χ1n) is 9.03. The van der Waals surface area contributed by atoms with E-state index in [1.165, 1.54) is 6.07 Å². The molecule has 1 fully saturated rings. The first kappa shape index (κ1) is 18.5. The van der Waals surface area contributed by atoms with Gasteiger partial charge in [-0.25, -0.2) is 0 Å². The fraction of sp³-hybridized carbons (Fsp3) is 0.250. The summed E-state index contributed by atoms with van der Waals surface area (Å²) in [7, 11) is 0. The lowest BCUT2D eigenvalue weighted by atomic mass is 10.1. The van der Waals surface area contributed by atoms with Gasteiger partial charge in [-0.05, 0) is 29.8 Å². The van der Waals surface area contributed by atoms with Crippen LogP contribution in [-0.4, -0.2) is 51.8 Å². The average Bonchev–Trinajstić information content (AvgIpc) is 3.11. The topological polar surface area (TPSA) is 82.5 Å². The largest absolute Gasteiger partial charge is 0.351 e. The second kappa shape index (κ2) is 7.61. The van der Waals surface area contributed by atoms with Crippen LogP contribution in [0.5, 0.6) is 0 Å². The third kappa shape index (κ3) is 3.85. The fourth-order valence-electron chi connectivity index (χ4n) is 3.52. The number of amides is 1. The first-order valence-corrected chi connectivity index (χ1v) is 9.40. The van der Waals surface area contributed by atoms with Crippen LogP contribution in [0.1, 0.15) is 16.1 Å². The van der Waals surface area contributed by atoms with Crippen molar-refractivity contribution in [2.45, 2.75) is 6.54 Å². The predicted octanol–water partition coefficient (Wildman–Crippen LogP) is 3.69. The lowest BCUT2D eigenvalue weighted by molar-refractivity contribution is -0.384. The van der Waals surface area contributed by atoms with E-state index in [1.807, 2.05) is 29.2 Å². The Morgan fingerprint density at radius 2 is 1.89 bits per heavy atom. The van der Waals surface area contributed by atoms with E-state index >= 15 is 0 Å². The van der Waals surface area contributed by atoms with E-state index in [0.717, 1.165) is 29.6 Å². The highest BCUT2D eigenvalue weighted by molar-refractivity contribution is 6.31. The molecule has 1 aromatic heterocycles. The Morgan fingerprint density at radius 3 is 2.64 bits per heavy atom. The summed E-state index contributed by atoms with van der Waals surface area (Å²) >= 11 is 6.01. The number of non-ortho nitro benzene ring substituents is 1. The number of carbonyl (C=O) groups excluding carboxylic acids is 1. The van der Waals surface area contributed by atoms with Crippen LogP contribution in [-0.2, 0) is 6.54 Å². The molecule has 1 amide bonds. The van der Waals surface area contributed by atoms with Crippen LogP contribution in [0.4, 0.5) is 5.69 Å². The fourth-order valence-corrected chi connectivity index (χ4v) is 3.71. The molecule has 28 heavy (non-hydrogen) atoms. The quantitative estimate of drug-likeness (QED) is 0.536. The summed E-state index contributed by atoms with van der Waals surface area (Å²) < 4.78 is 0. The molecule has 0 bridgehead atoms. The normalized spacial score (nSPS) is 15.1. The van der Waals surface area contributed by atoms with Gasteiger partial charge in [0, 0.05) is 60.8 Å². The zero-order valence-electron chi connectivity index (χ0n) is 15.1. The minimum Gasteiger partial charge on any atom is -0.351 e. The molecule has 4 rings (SSSR count). The second-order valence-electron chi connectivity index (χ2n) is 6.91. The van der Waals surface area contributed by atoms with Gasteiger partial charge in [0.05, 0.1) is 4.92 Å². The van der Waals surface area contributed by atoms with E-state index in [9.17, 15) is 14.9 Å². The van der Waals surface area contributed by atoms with Gasteiger partial charge in [-0.1, -0.05) is 23.7 Å². The Morgan fingerprint density at radius 1 is 1.11 bits per heavy atom. The summed E-state index contributed by atoms with van der Waals surface area (Å²) in [6.45, 7) is 3.31. The minimum atomic E-state index is -0.381. The number of aromatic nitrogens is 1. The third-order valence-electron chi connectivity index (χ3n) is 5.00. The lowest BCUT2D eigenvalue weighted by Crippen LogP contribution is -2.48. The van der Waals surface area contributed by atoms with Crippen molar-refractivity contribution in [3.05, 3.63) is 74.9 Å². The van der Waals surface area contributed by atoms with Gasteiger partial charge < -0.3 is 9.88 Å². The third-order valence-corrected chi connectivity index (χ3v) is 5.24. The highest BCUT2D eigenvalue weighted by Gasteiger charge is 2.23. The molecule has 1 aliphatic heterocycles. The van der Waals surface area contributed by atoms with Crippen molar-refractivity contribution >= 4 is 34.1 Å². The van der Waals surface area contributed by atoms with Gasteiger partial charge in [0.2, 0.25) is 0 Å². The van der Waals surface area contributed by atoms with E-state index in [1.54, 1.807) is 18.2 Å². The van der Waals surface area contributed by atoms with E-state index in [0.29, 0.717) is 30.4 Å². The standard InChI is InChI=1S/C20H19ClN4O3/c21-16-4-5-18-15(11-16)12-19(22-18)20(26)24-8-6-23(7-9-24)13-14-2-1-3-17(10-14)25(27)28/h1-5,10-12,22H,6-9,13H2. The van der Waals surface area contributed by atoms with Gasteiger partial charge in [-0.15, -0.1) is 0 Å². The van der Waals surface area contributed by atoms with Crippen molar-refractivity contribution in [2.75, 3.05) is 26.2 Å². The molecule has 0 spiro atoms. The number of nitrogens with zero attached hydrogens (tertiary/aromatic N) is 3. The Kier molecular flexibility index (Phi) is 5.02. The molecule has 7 nitrogen and oxygen atoms in total. The van der Waals surface area contributed by atoms with Crippen LogP contribution >= 0.6 is 11.6 Å². The Balaban J connectivity index is 1.38. The SMILES string of the molecule is O=C(c1cc2cc(Cl)ccc2[nH]1)N1CCN(Cc2cccc([N+](=O)[O-])c2)CC1. The first-order chi connectivity index (χ1) is 13.5. The molecule has 0 unspecified atom stereocenters. The number of fused-ring (bicyclic) bond motifs is 1. The number of aromatic amines is 1. The molecule has 0 aliphatic carbocycles. The van der Waals surface area contributed by atoms with E-state index in [4.69, 9.17) is 11.6 Å². The van der Waals surface area contributed by atoms with Crippen molar-refractivity contribution in [1.82, 2.24) is 14.8 Å². The average molecular weight is 399 g/mol. The number of hydrogen-bond donors (Lipinski definition) is 1. The van der Waals surface area contributed by atoms with Crippen molar-refractivity contribution in [1.29, 1.82) is 0 Å². The summed E-state index contributed by atoms with van der Waals surface area (Å²) in [5.74, 6) is -0.0256. The van der Waals surface area contributed by atoms with Gasteiger partial charge in [0.1, 0.15) is 5.69 Å². The summed E-state index contributed by atoms with van der Waals surface area (Å²) in [5.41, 5.74) is 2.45. The molecular formula is C20H19ClN4O3. The Bertz CT molecular complexity index is 1040. The van der Waals surface area contributed by atoms with Gasteiger partial charge in [-0.3, -0.25) is 19.8 Å². The summed E-state index contributed by atoms with van der Waals surface area (Å²) in [6, 6.07) is 14.0. The van der Waals surface area contributed by atoms with Crippen LogP contribution < -0.4 is 0 Å². The number of carbonyl (C=O) groups is 1. The van der Waals surface area contributed by atoms with Gasteiger partial charge >= 0.3 is 0 Å². The molecule has 0 atom stereocenters. The number of H-pyrrole nitrogens is 1. The summed E-state index contributed by atoms with van der Waals surface area (Å²) in [4.78, 5) is 30.5. The zero-order valence-corrected chi connectivity index (χ0v) is 15.9. The predicted molar refractivity (Wildman–Crippen MR) is 108 cm³/mol. The lowest BCUT2D eigenvalue weighted by Gasteiger charge is -2.34. The van der Waals surface area contributed by atoms with Crippen LogP contribution in [0.2, 0.25) is 5.02 Å². The minimum absolute atomic E-state index is 0.0256. The smallest absolute Gasteiger partial charge is 0.270 e. The molecule has 8 heteroatoms. The van der Waals surface area contributed by atoms with Crippen LogP contribution in [0.15, 0.2) is 48.5 Å². The number of nitro groups is 1. The van der Waals surface area contributed by atoms with Crippen molar-refractivity contribution in [3.63, 3.8) is 0 Å². The molecule has 2 heterocycles. The van der Waals surface area contributed by atoms with Gasteiger partial charge in [-0.2, -0.15) is 0 Å². The second-order valence-corrected chi connectivity index (χ2v) is 7.35. The maximum Gasteiger partial charge on any atom is 0.270 e. The number of benzene rings is 2. The summed E-state index contributed by atoms with van der Waals surface area (Å²) in [5, 5.41) is 12.5. The van der Waals surface area contributed by atoms with Crippen LogP contribution in [0.25, 0.3) is 10.9 Å². The van der Waals surface area contributed by atoms with E-state index in [-0.39, 0.29) is 16.5 Å². The number of halogens is 1. The van der Waals surface area contributed by atoms with Gasteiger partial charge in [0.15, 0.2) is 0 Å². The van der Waals surface area contributed by atoms with Crippen molar-refractivity contribution < 1.29 is 9.72 Å². The number of hydrogen-bond acceptors (Lipinski definition) is 4. The summed E-state index contributed by atoms with van der Waals surface area (Å²) in [6.07, 6.45) is 0. The number of nitrogens with one attached hydrogen (secondary N) is 1. The highest BCUT2D eigenvalue weighted by atomic mass is 35.5. The van der Waals surface area contributed by atoms with E-state index in [2.05, 4.69) is 9.88 Å². The molecule has 3 aromatic rings. The highest BCUT2D eigenvalue weighted by Crippen LogP contribution is 2.21. The van der Waals surface area contributed by atoms with E-state index < -0.39 is 0 Å². The maximum absolute atomic E-state index is 12.8. The molecule has 2 aromatic carbocycles. The van der Waals surface area contributed by atoms with Crippen molar-refractivity contribution in [2.24, 2.45) is 0 Å². The molecule has 144 valence electrons. The molecule has 0 saturated carbocycles. The number of nitro benzene ring substituents is 1. The Labute approximate surface area is 166 Å². The van der Waals surface area contributed by atoms with Crippen LogP contribution in [0, 0.1) is 10.1 Å². The van der Waals surface area contributed by atoms with Crippen LogP contribution in [0.3, 0.4) is 0 Å².